The highest BCUT2D eigenvalue weighted by atomic mass is 32.2. The van der Waals surface area contributed by atoms with Crippen molar-refractivity contribution in [1.82, 2.24) is 15.0 Å². The van der Waals surface area contributed by atoms with Crippen molar-refractivity contribution in [3.8, 4) is 11.6 Å². The van der Waals surface area contributed by atoms with E-state index in [1.54, 1.807) is 46.1 Å². The van der Waals surface area contributed by atoms with E-state index in [1.165, 1.54) is 18.0 Å². The van der Waals surface area contributed by atoms with Gasteiger partial charge >= 0.3 is 11.9 Å². The largest absolute Gasteiger partial charge is 0.462 e. The fourth-order valence-corrected chi connectivity index (χ4v) is 3.87. The van der Waals surface area contributed by atoms with E-state index in [0.717, 1.165) is 0 Å². The lowest BCUT2D eigenvalue weighted by Gasteiger charge is -2.11. The van der Waals surface area contributed by atoms with Gasteiger partial charge in [-0.15, -0.1) is 11.8 Å². The van der Waals surface area contributed by atoms with Crippen molar-refractivity contribution in [3.63, 3.8) is 0 Å². The minimum atomic E-state index is -0.710. The van der Waals surface area contributed by atoms with Gasteiger partial charge in [0, 0.05) is 5.69 Å². The SMILES string of the molecule is CCOC(=O)c1c(C)[nH]c(C(=O)COC(=O)c2c(C)nc(-c3ccco3)nc2SC)c1C. The number of carbonyl (C=O) groups is 3. The summed E-state index contributed by atoms with van der Waals surface area (Å²) in [5.41, 5.74) is 2.07. The number of Topliss-reactive ketones (excluding diaryl/α,β-unsaturated/α-hetero) is 1. The molecule has 0 amide bonds. The lowest BCUT2D eigenvalue weighted by atomic mass is 10.1. The van der Waals surface area contributed by atoms with E-state index in [-0.39, 0.29) is 17.9 Å². The van der Waals surface area contributed by atoms with E-state index in [9.17, 15) is 14.4 Å². The zero-order valence-electron chi connectivity index (χ0n) is 18.4. The molecule has 0 bridgehead atoms. The third kappa shape index (κ3) is 4.59. The predicted molar refractivity (Wildman–Crippen MR) is 117 cm³/mol. The molecule has 3 heterocycles. The molecule has 9 nitrogen and oxygen atoms in total. The summed E-state index contributed by atoms with van der Waals surface area (Å²) in [6.07, 6.45) is 3.29. The Morgan fingerprint density at radius 1 is 1.09 bits per heavy atom. The van der Waals surface area contributed by atoms with Crippen LogP contribution >= 0.6 is 11.8 Å². The predicted octanol–water partition coefficient (Wildman–Crippen LogP) is 3.93. The number of H-pyrrole nitrogens is 1. The monoisotopic (exact) mass is 457 g/mol. The topological polar surface area (TPSA) is 124 Å². The average Bonchev–Trinajstić information content (AvgIpc) is 3.39. The first-order chi connectivity index (χ1) is 15.3. The maximum Gasteiger partial charge on any atom is 0.343 e. The van der Waals surface area contributed by atoms with Gasteiger partial charge in [0.15, 0.2) is 18.2 Å². The number of aromatic nitrogens is 3. The minimum Gasteiger partial charge on any atom is -0.462 e. The number of thioether (sulfide) groups is 1. The highest BCUT2D eigenvalue weighted by Gasteiger charge is 2.25. The number of carbonyl (C=O) groups excluding carboxylic acids is 3. The summed E-state index contributed by atoms with van der Waals surface area (Å²) in [6, 6.07) is 3.44. The highest BCUT2D eigenvalue weighted by Crippen LogP contribution is 2.26. The molecule has 10 heteroatoms. The van der Waals surface area contributed by atoms with E-state index in [2.05, 4.69) is 15.0 Å². The Labute approximate surface area is 188 Å². The second-order valence-electron chi connectivity index (χ2n) is 6.84. The van der Waals surface area contributed by atoms with Gasteiger partial charge < -0.3 is 18.9 Å². The molecule has 0 unspecified atom stereocenters. The lowest BCUT2D eigenvalue weighted by molar-refractivity contribution is 0.0466. The van der Waals surface area contributed by atoms with Crippen LogP contribution in [0.1, 0.15) is 55.1 Å². The molecule has 32 heavy (non-hydrogen) atoms. The molecule has 168 valence electrons. The van der Waals surface area contributed by atoms with Crippen LogP contribution in [0.3, 0.4) is 0 Å². The average molecular weight is 458 g/mol. The molecule has 0 aromatic carbocycles. The normalized spacial score (nSPS) is 10.8. The molecule has 0 aliphatic carbocycles. The quantitative estimate of drug-likeness (QED) is 0.232. The maximum atomic E-state index is 12.8. The van der Waals surface area contributed by atoms with Crippen molar-refractivity contribution in [1.29, 1.82) is 0 Å². The number of aromatic amines is 1. The summed E-state index contributed by atoms with van der Waals surface area (Å²) >= 11 is 1.26. The Morgan fingerprint density at radius 3 is 2.44 bits per heavy atom. The number of nitrogens with one attached hydrogen (secondary N) is 1. The fraction of sp³-hybridized carbons (Fsp3) is 0.318. The van der Waals surface area contributed by atoms with Gasteiger partial charge in [-0.1, -0.05) is 0 Å². The summed E-state index contributed by atoms with van der Waals surface area (Å²) in [5, 5.41) is 0.415. The molecule has 0 saturated heterocycles. The highest BCUT2D eigenvalue weighted by molar-refractivity contribution is 7.98. The fourth-order valence-electron chi connectivity index (χ4n) is 3.26. The molecule has 0 atom stereocenters. The van der Waals surface area contributed by atoms with Crippen LogP contribution in [-0.2, 0) is 9.47 Å². The molecule has 0 spiro atoms. The van der Waals surface area contributed by atoms with E-state index in [1.807, 2.05) is 0 Å². The molecule has 0 saturated carbocycles. The summed E-state index contributed by atoms with van der Waals surface area (Å²) in [5.74, 6) is -0.852. The molecular formula is C22H23N3O6S. The number of aryl methyl sites for hydroxylation is 2. The standard InChI is InChI=1S/C22H23N3O6S/c1-6-29-21(27)16-11(2)18(23-12(16)3)14(26)10-31-22(28)17-13(4)24-19(25-20(17)32-5)15-8-7-9-30-15/h7-9,23H,6,10H2,1-5H3. The first-order valence-corrected chi connectivity index (χ1v) is 11.0. The summed E-state index contributed by atoms with van der Waals surface area (Å²) in [6.45, 7) is 6.40. The number of esters is 2. The molecule has 3 rings (SSSR count). The number of rotatable bonds is 8. The first kappa shape index (κ1) is 23.3. The van der Waals surface area contributed by atoms with Gasteiger partial charge in [-0.25, -0.2) is 19.6 Å². The number of hydrogen-bond acceptors (Lipinski definition) is 9. The van der Waals surface area contributed by atoms with Gasteiger partial charge in [-0.3, -0.25) is 4.79 Å². The third-order valence-corrected chi connectivity index (χ3v) is 5.41. The molecule has 0 aliphatic heterocycles. The molecular weight excluding hydrogens is 434 g/mol. The third-order valence-electron chi connectivity index (χ3n) is 4.73. The lowest BCUT2D eigenvalue weighted by Crippen LogP contribution is -2.18. The number of nitrogens with zero attached hydrogens (tertiary/aromatic N) is 2. The summed E-state index contributed by atoms with van der Waals surface area (Å²) < 4.78 is 15.6. The molecule has 0 radical (unpaired) electrons. The van der Waals surface area contributed by atoms with Gasteiger partial charge in [0.2, 0.25) is 5.78 Å². The Bertz CT molecular complexity index is 1170. The second-order valence-corrected chi connectivity index (χ2v) is 7.63. The van der Waals surface area contributed by atoms with Gasteiger partial charge in [0.1, 0.15) is 10.6 Å². The van der Waals surface area contributed by atoms with Gasteiger partial charge in [0.05, 0.1) is 29.8 Å². The van der Waals surface area contributed by atoms with Crippen molar-refractivity contribution in [2.75, 3.05) is 19.5 Å². The zero-order valence-corrected chi connectivity index (χ0v) is 19.2. The summed E-state index contributed by atoms with van der Waals surface area (Å²) in [4.78, 5) is 49.2. The number of furan rings is 1. The molecule has 1 N–H and O–H groups in total. The van der Waals surface area contributed by atoms with Crippen LogP contribution < -0.4 is 0 Å². The van der Waals surface area contributed by atoms with Gasteiger partial charge in [0.25, 0.3) is 0 Å². The van der Waals surface area contributed by atoms with Crippen molar-refractivity contribution >= 4 is 29.5 Å². The van der Waals surface area contributed by atoms with Crippen LogP contribution in [0, 0.1) is 20.8 Å². The number of ketones is 1. The van der Waals surface area contributed by atoms with Gasteiger partial charge in [-0.2, -0.15) is 0 Å². The maximum absolute atomic E-state index is 12.8. The zero-order chi connectivity index (χ0) is 23.4. The Kier molecular flexibility index (Phi) is 7.14. The Balaban J connectivity index is 1.78. The van der Waals surface area contributed by atoms with Crippen LogP contribution in [0.2, 0.25) is 0 Å². The van der Waals surface area contributed by atoms with E-state index < -0.39 is 24.3 Å². The molecule has 3 aromatic rings. The first-order valence-electron chi connectivity index (χ1n) is 9.81. The van der Waals surface area contributed by atoms with Crippen LogP contribution in [0.5, 0.6) is 0 Å². The van der Waals surface area contributed by atoms with Crippen LogP contribution in [-0.4, -0.2) is 52.1 Å². The van der Waals surface area contributed by atoms with E-state index >= 15 is 0 Å². The number of ether oxygens (including phenoxy) is 2. The van der Waals surface area contributed by atoms with Crippen molar-refractivity contribution < 1.29 is 28.3 Å². The van der Waals surface area contributed by atoms with Crippen molar-refractivity contribution in [2.45, 2.75) is 32.7 Å². The Morgan fingerprint density at radius 2 is 1.81 bits per heavy atom. The molecule has 0 fully saturated rings. The van der Waals surface area contributed by atoms with Crippen molar-refractivity contribution in [3.05, 3.63) is 52.2 Å². The van der Waals surface area contributed by atoms with Crippen molar-refractivity contribution in [2.24, 2.45) is 0 Å². The Hall–Kier alpha value is -3.40. The summed E-state index contributed by atoms with van der Waals surface area (Å²) in [7, 11) is 0. The smallest absolute Gasteiger partial charge is 0.343 e. The second kappa shape index (κ2) is 9.82. The van der Waals surface area contributed by atoms with Gasteiger partial charge in [-0.05, 0) is 51.6 Å². The van der Waals surface area contributed by atoms with Crippen LogP contribution in [0.4, 0.5) is 0 Å². The van der Waals surface area contributed by atoms with Crippen LogP contribution in [0.25, 0.3) is 11.6 Å². The minimum absolute atomic E-state index is 0.187. The van der Waals surface area contributed by atoms with E-state index in [4.69, 9.17) is 13.9 Å². The van der Waals surface area contributed by atoms with E-state index in [0.29, 0.717) is 39.1 Å². The molecule has 0 aliphatic rings. The van der Waals surface area contributed by atoms with Crippen LogP contribution in [0.15, 0.2) is 27.8 Å². The molecule has 3 aromatic heterocycles. The number of hydrogen-bond donors (Lipinski definition) is 1.